The van der Waals surface area contributed by atoms with Gasteiger partial charge in [-0.25, -0.2) is 0 Å². The molecule has 2 aromatic rings. The third-order valence-corrected chi connectivity index (χ3v) is 3.66. The first-order chi connectivity index (χ1) is 11.7. The van der Waals surface area contributed by atoms with Gasteiger partial charge in [0.15, 0.2) is 0 Å². The van der Waals surface area contributed by atoms with Crippen molar-refractivity contribution >= 4 is 17.7 Å². The maximum absolute atomic E-state index is 12.7. The van der Waals surface area contributed by atoms with Gasteiger partial charge in [0.05, 0.1) is 12.7 Å². The Bertz CT molecular complexity index is 788. The monoisotopic (exact) mass is 349 g/mol. The predicted molar refractivity (Wildman–Crippen MR) is 91.6 cm³/mol. The highest BCUT2D eigenvalue weighted by Gasteiger charge is 2.30. The van der Waals surface area contributed by atoms with Crippen molar-refractivity contribution in [2.45, 2.75) is 20.0 Å². The van der Waals surface area contributed by atoms with Gasteiger partial charge in [-0.3, -0.25) is 4.79 Å². The Morgan fingerprint density at radius 3 is 2.32 bits per heavy atom. The van der Waals surface area contributed by atoms with Gasteiger partial charge in [0.2, 0.25) is 5.91 Å². The van der Waals surface area contributed by atoms with Gasteiger partial charge < -0.3 is 10.1 Å². The Morgan fingerprint density at radius 1 is 1.12 bits per heavy atom. The number of ether oxygens (including phenoxy) is 1. The standard InChI is InChI=1S/C19H18F3NO2/c1-12-9-16(25-3)10-13(2)17(12)7-8-18(24)23-15-6-4-5-14(11-15)19(20,21)22/h4-11H,1-3H3,(H,23,24)/b8-7+. The fraction of sp³-hybridized carbons (Fsp3) is 0.211. The van der Waals surface area contributed by atoms with Crippen LogP contribution < -0.4 is 10.1 Å². The molecule has 0 aliphatic heterocycles. The Labute approximate surface area is 144 Å². The minimum absolute atomic E-state index is 0.0904. The van der Waals surface area contributed by atoms with E-state index in [9.17, 15) is 18.0 Å². The first kappa shape index (κ1) is 18.6. The smallest absolute Gasteiger partial charge is 0.416 e. The molecule has 0 saturated carbocycles. The van der Waals surface area contributed by atoms with Crippen LogP contribution in [0, 0.1) is 13.8 Å². The van der Waals surface area contributed by atoms with Crippen LogP contribution in [0.2, 0.25) is 0 Å². The molecule has 3 nitrogen and oxygen atoms in total. The molecule has 0 unspecified atom stereocenters. The van der Waals surface area contributed by atoms with E-state index in [-0.39, 0.29) is 5.69 Å². The average Bonchev–Trinajstić information content (AvgIpc) is 2.53. The van der Waals surface area contributed by atoms with E-state index in [1.807, 2.05) is 26.0 Å². The lowest BCUT2D eigenvalue weighted by atomic mass is 10.0. The third-order valence-electron chi connectivity index (χ3n) is 3.66. The molecule has 2 rings (SSSR count). The van der Waals surface area contributed by atoms with Gasteiger partial charge >= 0.3 is 6.18 Å². The van der Waals surface area contributed by atoms with Gasteiger partial charge in [0.1, 0.15) is 5.75 Å². The quantitative estimate of drug-likeness (QED) is 0.791. The van der Waals surface area contributed by atoms with Gasteiger partial charge in [-0.05, 0) is 66.9 Å². The Morgan fingerprint density at radius 2 is 1.76 bits per heavy atom. The summed E-state index contributed by atoms with van der Waals surface area (Å²) < 4.78 is 43.2. The molecule has 0 radical (unpaired) electrons. The molecule has 0 saturated heterocycles. The highest BCUT2D eigenvalue weighted by Crippen LogP contribution is 2.30. The molecule has 0 aliphatic rings. The Hall–Kier alpha value is -2.76. The van der Waals surface area contributed by atoms with E-state index < -0.39 is 17.6 Å². The minimum Gasteiger partial charge on any atom is -0.497 e. The van der Waals surface area contributed by atoms with Crippen LogP contribution in [0.1, 0.15) is 22.3 Å². The molecule has 0 heterocycles. The second-order valence-electron chi connectivity index (χ2n) is 5.58. The number of alkyl halides is 3. The summed E-state index contributed by atoms with van der Waals surface area (Å²) >= 11 is 0. The Kier molecular flexibility index (Phi) is 5.51. The summed E-state index contributed by atoms with van der Waals surface area (Å²) in [6.45, 7) is 3.78. The zero-order chi connectivity index (χ0) is 18.6. The van der Waals surface area contributed by atoms with Crippen molar-refractivity contribution in [2.24, 2.45) is 0 Å². The van der Waals surface area contributed by atoms with E-state index in [2.05, 4.69) is 5.32 Å². The van der Waals surface area contributed by atoms with Crippen LogP contribution in [0.4, 0.5) is 18.9 Å². The fourth-order valence-corrected chi connectivity index (χ4v) is 2.43. The molecule has 0 spiro atoms. The molecule has 6 heteroatoms. The van der Waals surface area contributed by atoms with Crippen LogP contribution in [0.25, 0.3) is 6.08 Å². The summed E-state index contributed by atoms with van der Waals surface area (Å²) in [5, 5.41) is 2.44. The van der Waals surface area contributed by atoms with Crippen LogP contribution in [-0.2, 0) is 11.0 Å². The zero-order valence-electron chi connectivity index (χ0n) is 14.1. The number of hydrogen-bond acceptors (Lipinski definition) is 2. The maximum Gasteiger partial charge on any atom is 0.416 e. The first-order valence-corrected chi connectivity index (χ1v) is 7.52. The summed E-state index contributed by atoms with van der Waals surface area (Å²) in [6.07, 6.45) is -1.52. The van der Waals surface area contributed by atoms with Gasteiger partial charge in [0, 0.05) is 11.8 Å². The number of amides is 1. The van der Waals surface area contributed by atoms with Crippen LogP contribution in [-0.4, -0.2) is 13.0 Å². The summed E-state index contributed by atoms with van der Waals surface area (Å²) in [6, 6.07) is 8.20. The van der Waals surface area contributed by atoms with E-state index in [0.717, 1.165) is 34.6 Å². The van der Waals surface area contributed by atoms with Crippen LogP contribution >= 0.6 is 0 Å². The predicted octanol–water partition coefficient (Wildman–Crippen LogP) is 4.98. The zero-order valence-corrected chi connectivity index (χ0v) is 14.1. The van der Waals surface area contributed by atoms with Crippen molar-refractivity contribution < 1.29 is 22.7 Å². The van der Waals surface area contributed by atoms with E-state index in [0.29, 0.717) is 0 Å². The number of nitrogens with one attached hydrogen (secondary N) is 1. The van der Waals surface area contributed by atoms with Gasteiger partial charge in [0.25, 0.3) is 0 Å². The molecule has 25 heavy (non-hydrogen) atoms. The van der Waals surface area contributed by atoms with Crippen LogP contribution in [0.5, 0.6) is 5.75 Å². The lowest BCUT2D eigenvalue weighted by Crippen LogP contribution is -2.10. The molecule has 1 N–H and O–H groups in total. The lowest BCUT2D eigenvalue weighted by Gasteiger charge is -2.10. The molecular weight excluding hydrogens is 331 g/mol. The van der Waals surface area contributed by atoms with Crippen molar-refractivity contribution in [3.63, 3.8) is 0 Å². The summed E-state index contributed by atoms with van der Waals surface area (Å²) in [5.41, 5.74) is 2.00. The number of aryl methyl sites for hydroxylation is 2. The fourth-order valence-electron chi connectivity index (χ4n) is 2.43. The van der Waals surface area contributed by atoms with Crippen molar-refractivity contribution in [1.82, 2.24) is 0 Å². The summed E-state index contributed by atoms with van der Waals surface area (Å²) in [5.74, 6) is 0.217. The maximum atomic E-state index is 12.7. The molecule has 0 aromatic heterocycles. The van der Waals surface area contributed by atoms with E-state index >= 15 is 0 Å². The number of anilines is 1. The second-order valence-corrected chi connectivity index (χ2v) is 5.58. The minimum atomic E-state index is -4.45. The number of methoxy groups -OCH3 is 1. The molecule has 0 atom stereocenters. The van der Waals surface area contributed by atoms with Crippen molar-refractivity contribution in [3.05, 3.63) is 64.7 Å². The molecule has 0 fully saturated rings. The molecule has 0 bridgehead atoms. The van der Waals surface area contributed by atoms with Gasteiger partial charge in [-0.15, -0.1) is 0 Å². The number of rotatable bonds is 4. The summed E-state index contributed by atoms with van der Waals surface area (Å²) in [4.78, 5) is 12.0. The number of benzene rings is 2. The average molecular weight is 349 g/mol. The number of hydrogen-bond donors (Lipinski definition) is 1. The molecule has 0 aliphatic carbocycles. The number of carbonyl (C=O) groups excluding carboxylic acids is 1. The topological polar surface area (TPSA) is 38.3 Å². The SMILES string of the molecule is COc1cc(C)c(/C=C/C(=O)Nc2cccc(C(F)(F)F)c2)c(C)c1. The number of halogens is 3. The third kappa shape index (κ3) is 4.86. The van der Waals surface area contributed by atoms with Crippen LogP contribution in [0.3, 0.4) is 0 Å². The van der Waals surface area contributed by atoms with E-state index in [1.54, 1.807) is 13.2 Å². The van der Waals surface area contributed by atoms with Crippen LogP contribution in [0.15, 0.2) is 42.5 Å². The van der Waals surface area contributed by atoms with Crippen molar-refractivity contribution in [1.29, 1.82) is 0 Å². The van der Waals surface area contributed by atoms with Gasteiger partial charge in [-0.1, -0.05) is 6.07 Å². The normalized spacial score (nSPS) is 11.6. The largest absolute Gasteiger partial charge is 0.497 e. The van der Waals surface area contributed by atoms with E-state index in [1.165, 1.54) is 18.2 Å². The summed E-state index contributed by atoms with van der Waals surface area (Å²) in [7, 11) is 1.58. The van der Waals surface area contributed by atoms with E-state index in [4.69, 9.17) is 4.74 Å². The van der Waals surface area contributed by atoms with Crippen molar-refractivity contribution in [3.8, 4) is 5.75 Å². The lowest BCUT2D eigenvalue weighted by molar-refractivity contribution is -0.137. The number of carbonyl (C=O) groups is 1. The molecular formula is C19H18F3NO2. The highest BCUT2D eigenvalue weighted by molar-refractivity contribution is 6.02. The molecule has 2 aromatic carbocycles. The van der Waals surface area contributed by atoms with Gasteiger partial charge in [-0.2, -0.15) is 13.2 Å². The first-order valence-electron chi connectivity index (χ1n) is 7.52. The van der Waals surface area contributed by atoms with Crippen molar-refractivity contribution in [2.75, 3.05) is 12.4 Å². The molecule has 132 valence electrons. The highest BCUT2D eigenvalue weighted by atomic mass is 19.4. The second kappa shape index (κ2) is 7.42. The molecule has 1 amide bonds. The Balaban J connectivity index is 2.14.